The Morgan fingerprint density at radius 3 is 2.94 bits per heavy atom. The van der Waals surface area contributed by atoms with Crippen LogP contribution in [0.15, 0.2) is 0 Å². The molecule has 1 saturated heterocycles. The van der Waals surface area contributed by atoms with Crippen LogP contribution in [0.5, 0.6) is 0 Å². The Labute approximate surface area is 97.6 Å². The molecule has 0 radical (unpaired) electrons. The number of carbonyl (C=O) groups excluding carboxylic acids is 1. The fraction of sp³-hybridized carbons (Fsp3) is 0.917. The number of carbonyl (C=O) groups is 1. The average Bonchev–Trinajstić information content (AvgIpc) is 2.30. The van der Waals surface area contributed by atoms with Gasteiger partial charge in [-0.05, 0) is 19.3 Å². The van der Waals surface area contributed by atoms with Crippen molar-refractivity contribution in [3.05, 3.63) is 0 Å². The predicted octanol–water partition coefficient (Wildman–Crippen LogP) is 1.18. The van der Waals surface area contributed by atoms with Gasteiger partial charge in [0.15, 0.2) is 0 Å². The molecule has 1 amide bonds. The topological polar surface area (TPSA) is 49.8 Å². The number of aliphatic hydroxyl groups is 1. The second kappa shape index (κ2) is 7.63. The number of nitrogens with zero attached hydrogens (tertiary/aromatic N) is 1. The van der Waals surface area contributed by atoms with Crippen LogP contribution in [0.25, 0.3) is 0 Å². The van der Waals surface area contributed by atoms with Crippen molar-refractivity contribution >= 4 is 5.91 Å². The molecule has 0 aromatic rings. The van der Waals surface area contributed by atoms with Gasteiger partial charge in [0.2, 0.25) is 5.91 Å². The number of amides is 1. The fourth-order valence-corrected chi connectivity index (χ4v) is 1.94. The Morgan fingerprint density at radius 1 is 1.44 bits per heavy atom. The van der Waals surface area contributed by atoms with E-state index in [0.717, 1.165) is 25.8 Å². The first kappa shape index (κ1) is 13.5. The number of rotatable bonds is 7. The number of ether oxygens (including phenoxy) is 1. The maximum absolute atomic E-state index is 11.6. The lowest BCUT2D eigenvalue weighted by molar-refractivity contribution is -0.149. The highest BCUT2D eigenvalue weighted by Crippen LogP contribution is 2.12. The Hall–Kier alpha value is -0.610. The summed E-state index contributed by atoms with van der Waals surface area (Å²) < 4.78 is 5.43. The van der Waals surface area contributed by atoms with E-state index in [1.54, 1.807) is 0 Å². The molecule has 0 saturated carbocycles. The van der Waals surface area contributed by atoms with E-state index < -0.39 is 0 Å². The molecule has 94 valence electrons. The first-order valence-electron chi connectivity index (χ1n) is 6.28. The van der Waals surface area contributed by atoms with Crippen LogP contribution in [0.1, 0.15) is 39.0 Å². The zero-order chi connectivity index (χ0) is 11.8. The van der Waals surface area contributed by atoms with Crippen LogP contribution in [0.3, 0.4) is 0 Å². The second-order valence-electron chi connectivity index (χ2n) is 4.35. The number of unbranched alkanes of at least 4 members (excludes halogenated alkanes) is 2. The van der Waals surface area contributed by atoms with Crippen LogP contribution >= 0.6 is 0 Å². The van der Waals surface area contributed by atoms with E-state index in [0.29, 0.717) is 6.54 Å². The molecule has 1 fully saturated rings. The van der Waals surface area contributed by atoms with E-state index >= 15 is 0 Å². The summed E-state index contributed by atoms with van der Waals surface area (Å²) >= 11 is 0. The minimum Gasteiger partial charge on any atom is -0.396 e. The van der Waals surface area contributed by atoms with Gasteiger partial charge in [0, 0.05) is 19.7 Å². The normalized spacial score (nSPS) is 21.5. The van der Waals surface area contributed by atoms with Gasteiger partial charge in [-0.25, -0.2) is 0 Å². The molecule has 1 aliphatic rings. The SMILES string of the molecule is CCCCCN1CC(CCCO)OCC1=O. The maximum Gasteiger partial charge on any atom is 0.248 e. The van der Waals surface area contributed by atoms with E-state index in [9.17, 15) is 4.79 Å². The predicted molar refractivity (Wildman–Crippen MR) is 62.2 cm³/mol. The third kappa shape index (κ3) is 4.49. The molecule has 1 unspecified atom stereocenters. The van der Waals surface area contributed by atoms with Crippen LogP contribution in [0.4, 0.5) is 0 Å². The largest absolute Gasteiger partial charge is 0.396 e. The summed E-state index contributed by atoms with van der Waals surface area (Å²) in [5, 5.41) is 8.75. The van der Waals surface area contributed by atoms with Crippen LogP contribution < -0.4 is 0 Å². The number of hydrogen-bond donors (Lipinski definition) is 1. The first-order chi connectivity index (χ1) is 7.77. The lowest BCUT2D eigenvalue weighted by Gasteiger charge is -2.32. The zero-order valence-electron chi connectivity index (χ0n) is 10.2. The van der Waals surface area contributed by atoms with Crippen molar-refractivity contribution in [3.8, 4) is 0 Å². The van der Waals surface area contributed by atoms with Gasteiger partial charge in [0.25, 0.3) is 0 Å². The van der Waals surface area contributed by atoms with Crippen molar-refractivity contribution in [2.75, 3.05) is 26.3 Å². The second-order valence-corrected chi connectivity index (χ2v) is 4.35. The molecule has 0 aromatic carbocycles. The lowest BCUT2D eigenvalue weighted by Crippen LogP contribution is -2.46. The van der Waals surface area contributed by atoms with Gasteiger partial charge in [-0.3, -0.25) is 4.79 Å². The average molecular weight is 229 g/mol. The highest BCUT2D eigenvalue weighted by atomic mass is 16.5. The van der Waals surface area contributed by atoms with E-state index in [-0.39, 0.29) is 25.2 Å². The molecule has 0 aliphatic carbocycles. The minimum absolute atomic E-state index is 0.108. The van der Waals surface area contributed by atoms with Gasteiger partial charge >= 0.3 is 0 Å². The highest BCUT2D eigenvalue weighted by Gasteiger charge is 2.25. The van der Waals surface area contributed by atoms with Crippen LogP contribution in [0.2, 0.25) is 0 Å². The van der Waals surface area contributed by atoms with Crippen LogP contribution in [-0.4, -0.2) is 48.3 Å². The molecular formula is C12H23NO3. The summed E-state index contributed by atoms with van der Waals surface area (Å²) in [4.78, 5) is 13.5. The third-order valence-corrected chi connectivity index (χ3v) is 2.94. The van der Waals surface area contributed by atoms with E-state index in [4.69, 9.17) is 9.84 Å². The number of aliphatic hydroxyl groups excluding tert-OH is 1. The molecular weight excluding hydrogens is 206 g/mol. The van der Waals surface area contributed by atoms with Crippen molar-refractivity contribution < 1.29 is 14.6 Å². The highest BCUT2D eigenvalue weighted by molar-refractivity contribution is 5.78. The van der Waals surface area contributed by atoms with Crippen molar-refractivity contribution in [3.63, 3.8) is 0 Å². The summed E-state index contributed by atoms with van der Waals surface area (Å²) in [6.45, 7) is 4.12. The fourth-order valence-electron chi connectivity index (χ4n) is 1.94. The summed E-state index contributed by atoms with van der Waals surface area (Å²) in [6, 6.07) is 0. The van der Waals surface area contributed by atoms with Crippen molar-refractivity contribution in [1.29, 1.82) is 0 Å². The summed E-state index contributed by atoms with van der Waals surface area (Å²) in [7, 11) is 0. The Bertz CT molecular complexity index is 208. The van der Waals surface area contributed by atoms with Gasteiger partial charge in [-0.2, -0.15) is 0 Å². The summed E-state index contributed by atoms with van der Waals surface area (Å²) in [5.41, 5.74) is 0. The van der Waals surface area contributed by atoms with E-state index in [2.05, 4.69) is 6.92 Å². The Morgan fingerprint density at radius 2 is 2.25 bits per heavy atom. The zero-order valence-corrected chi connectivity index (χ0v) is 10.2. The van der Waals surface area contributed by atoms with E-state index in [1.807, 2.05) is 4.90 Å². The summed E-state index contributed by atoms with van der Waals surface area (Å²) in [6.07, 6.45) is 5.13. The van der Waals surface area contributed by atoms with Gasteiger partial charge in [-0.1, -0.05) is 19.8 Å². The monoisotopic (exact) mass is 229 g/mol. The molecule has 1 heterocycles. The molecule has 0 spiro atoms. The molecule has 16 heavy (non-hydrogen) atoms. The van der Waals surface area contributed by atoms with Crippen LogP contribution in [-0.2, 0) is 9.53 Å². The molecule has 0 aromatic heterocycles. The van der Waals surface area contributed by atoms with Gasteiger partial charge in [0.05, 0.1) is 6.10 Å². The van der Waals surface area contributed by atoms with Gasteiger partial charge in [-0.15, -0.1) is 0 Å². The lowest BCUT2D eigenvalue weighted by atomic mass is 10.1. The Balaban J connectivity index is 2.27. The first-order valence-corrected chi connectivity index (χ1v) is 6.28. The van der Waals surface area contributed by atoms with E-state index in [1.165, 1.54) is 12.8 Å². The molecule has 1 rings (SSSR count). The number of hydrogen-bond acceptors (Lipinski definition) is 3. The van der Waals surface area contributed by atoms with Crippen molar-refractivity contribution in [2.24, 2.45) is 0 Å². The minimum atomic E-state index is 0.108. The third-order valence-electron chi connectivity index (χ3n) is 2.94. The van der Waals surface area contributed by atoms with Crippen molar-refractivity contribution in [1.82, 2.24) is 4.90 Å². The quantitative estimate of drug-likeness (QED) is 0.667. The molecule has 4 heteroatoms. The van der Waals surface area contributed by atoms with Crippen LogP contribution in [0, 0.1) is 0 Å². The van der Waals surface area contributed by atoms with Gasteiger partial charge < -0.3 is 14.7 Å². The smallest absolute Gasteiger partial charge is 0.248 e. The molecule has 0 bridgehead atoms. The standard InChI is InChI=1S/C12H23NO3/c1-2-3-4-7-13-9-11(6-5-8-14)16-10-12(13)15/h11,14H,2-10H2,1H3. The molecule has 4 nitrogen and oxygen atoms in total. The molecule has 1 atom stereocenters. The Kier molecular flexibility index (Phi) is 6.42. The maximum atomic E-state index is 11.6. The van der Waals surface area contributed by atoms with Crippen molar-refractivity contribution in [2.45, 2.75) is 45.1 Å². The number of morpholine rings is 1. The molecule has 1 aliphatic heterocycles. The molecule has 1 N–H and O–H groups in total. The van der Waals surface area contributed by atoms with Gasteiger partial charge in [0.1, 0.15) is 6.61 Å². The summed E-state index contributed by atoms with van der Waals surface area (Å²) in [5.74, 6) is 0.108.